The third-order valence-electron chi connectivity index (χ3n) is 1.79. The molecule has 0 saturated carbocycles. The lowest BCUT2D eigenvalue weighted by atomic mass is 10.3. The van der Waals surface area contributed by atoms with Gasteiger partial charge in [0, 0.05) is 11.8 Å². The Bertz CT molecular complexity index is 409. The second kappa shape index (κ2) is 2.90. The molecule has 2 N–H and O–H groups in total. The molecule has 4 nitrogen and oxygen atoms in total. The number of anilines is 1. The number of aryl methyl sites for hydroxylation is 1. The van der Waals surface area contributed by atoms with E-state index in [-0.39, 0.29) is 0 Å². The maximum Gasteiger partial charge on any atom is 0.164 e. The van der Waals surface area contributed by atoms with Gasteiger partial charge in [-0.3, -0.25) is 0 Å². The van der Waals surface area contributed by atoms with Crippen molar-refractivity contribution >= 4 is 5.82 Å². The Balaban J connectivity index is 2.49. The molecule has 2 rings (SSSR count). The second-order valence-corrected chi connectivity index (χ2v) is 2.77. The molecule has 0 amide bonds. The summed E-state index contributed by atoms with van der Waals surface area (Å²) in [5.74, 6) is 1.10. The van der Waals surface area contributed by atoms with E-state index >= 15 is 0 Å². The Morgan fingerprint density at radius 2 is 2.31 bits per heavy atom. The molecular formula is C9H9N3O. The minimum Gasteiger partial charge on any atom is -0.472 e. The van der Waals surface area contributed by atoms with Crippen molar-refractivity contribution in [3.05, 3.63) is 30.4 Å². The Hall–Kier alpha value is -1.84. The summed E-state index contributed by atoms with van der Waals surface area (Å²) in [4.78, 5) is 8.25. The van der Waals surface area contributed by atoms with Crippen molar-refractivity contribution in [3.63, 3.8) is 0 Å². The molecule has 66 valence electrons. The largest absolute Gasteiger partial charge is 0.472 e. The fourth-order valence-corrected chi connectivity index (χ4v) is 0.986. The zero-order chi connectivity index (χ0) is 9.26. The van der Waals surface area contributed by atoms with Crippen LogP contribution in [0.25, 0.3) is 11.4 Å². The van der Waals surface area contributed by atoms with E-state index in [2.05, 4.69) is 9.97 Å². The van der Waals surface area contributed by atoms with Gasteiger partial charge in [-0.25, -0.2) is 9.97 Å². The van der Waals surface area contributed by atoms with Gasteiger partial charge in [-0.15, -0.1) is 0 Å². The van der Waals surface area contributed by atoms with Gasteiger partial charge < -0.3 is 10.2 Å². The number of furan rings is 1. The Kier molecular flexibility index (Phi) is 1.73. The lowest BCUT2D eigenvalue weighted by molar-refractivity contribution is 0.568. The minimum atomic E-state index is 0.506. The van der Waals surface area contributed by atoms with Gasteiger partial charge in [0.25, 0.3) is 0 Å². The average Bonchev–Trinajstić information content (AvgIpc) is 2.62. The zero-order valence-corrected chi connectivity index (χ0v) is 7.19. The van der Waals surface area contributed by atoms with E-state index in [1.807, 2.05) is 6.92 Å². The third kappa shape index (κ3) is 1.38. The molecule has 0 spiro atoms. The molecule has 0 radical (unpaired) electrons. The minimum absolute atomic E-state index is 0.506. The molecule has 2 aromatic rings. The van der Waals surface area contributed by atoms with E-state index in [0.29, 0.717) is 11.6 Å². The summed E-state index contributed by atoms with van der Waals surface area (Å²) >= 11 is 0. The molecule has 0 unspecified atom stereocenters. The Morgan fingerprint density at radius 1 is 1.46 bits per heavy atom. The maximum atomic E-state index is 5.65. The molecule has 13 heavy (non-hydrogen) atoms. The van der Waals surface area contributed by atoms with Crippen LogP contribution in [0.3, 0.4) is 0 Å². The first-order valence-corrected chi connectivity index (χ1v) is 3.89. The first-order chi connectivity index (χ1) is 6.27. The van der Waals surface area contributed by atoms with E-state index in [9.17, 15) is 0 Å². The molecule has 0 bridgehead atoms. The van der Waals surface area contributed by atoms with E-state index in [1.54, 1.807) is 24.8 Å². The fraction of sp³-hybridized carbons (Fsp3) is 0.111. The highest BCUT2D eigenvalue weighted by atomic mass is 16.3. The molecule has 0 aromatic carbocycles. The average molecular weight is 175 g/mol. The lowest BCUT2D eigenvalue weighted by Gasteiger charge is -1.99. The van der Waals surface area contributed by atoms with Crippen molar-refractivity contribution < 1.29 is 4.42 Å². The van der Waals surface area contributed by atoms with Gasteiger partial charge in [0.05, 0.1) is 11.8 Å². The number of hydrogen-bond donors (Lipinski definition) is 1. The van der Waals surface area contributed by atoms with Gasteiger partial charge >= 0.3 is 0 Å². The van der Waals surface area contributed by atoms with Crippen molar-refractivity contribution in [2.45, 2.75) is 6.92 Å². The van der Waals surface area contributed by atoms with Crippen LogP contribution in [0.15, 0.2) is 29.2 Å². The lowest BCUT2D eigenvalue weighted by Crippen LogP contribution is -1.97. The van der Waals surface area contributed by atoms with Crippen LogP contribution in [-0.4, -0.2) is 9.97 Å². The predicted octanol–water partition coefficient (Wildman–Crippen LogP) is 1.63. The molecule has 0 atom stereocenters. The Labute approximate surface area is 75.4 Å². The quantitative estimate of drug-likeness (QED) is 0.715. The molecule has 4 heteroatoms. The maximum absolute atomic E-state index is 5.65. The fourth-order valence-electron chi connectivity index (χ4n) is 0.986. The van der Waals surface area contributed by atoms with E-state index in [1.165, 1.54) is 0 Å². The van der Waals surface area contributed by atoms with Gasteiger partial charge in [-0.1, -0.05) is 0 Å². The summed E-state index contributed by atoms with van der Waals surface area (Å²) in [6.45, 7) is 1.87. The van der Waals surface area contributed by atoms with Crippen LogP contribution in [0.5, 0.6) is 0 Å². The Morgan fingerprint density at radius 3 is 2.92 bits per heavy atom. The van der Waals surface area contributed by atoms with Crippen LogP contribution in [0.2, 0.25) is 0 Å². The summed E-state index contributed by atoms with van der Waals surface area (Å²) in [7, 11) is 0. The molecular weight excluding hydrogens is 166 g/mol. The number of nitrogens with zero attached hydrogens (tertiary/aromatic N) is 2. The molecule has 2 heterocycles. The van der Waals surface area contributed by atoms with Crippen LogP contribution in [0, 0.1) is 6.92 Å². The summed E-state index contributed by atoms with van der Waals surface area (Å²) in [5, 5.41) is 0. The standard InChI is InChI=1S/C9H9N3O/c1-6-4-11-9(12-8(6)10)7-2-3-13-5-7/h2-5H,1H3,(H2,10,11,12). The van der Waals surface area contributed by atoms with Crippen LogP contribution >= 0.6 is 0 Å². The normalized spacial score (nSPS) is 10.2. The van der Waals surface area contributed by atoms with Gasteiger partial charge in [0.2, 0.25) is 0 Å². The number of nitrogens with two attached hydrogens (primary N) is 1. The van der Waals surface area contributed by atoms with Crippen LogP contribution in [0.1, 0.15) is 5.56 Å². The SMILES string of the molecule is Cc1cnc(-c2ccoc2)nc1N. The smallest absolute Gasteiger partial charge is 0.164 e. The third-order valence-corrected chi connectivity index (χ3v) is 1.79. The summed E-state index contributed by atoms with van der Waals surface area (Å²) in [6.07, 6.45) is 4.86. The van der Waals surface area contributed by atoms with Crippen LogP contribution in [0.4, 0.5) is 5.82 Å². The van der Waals surface area contributed by atoms with Crippen molar-refractivity contribution in [2.75, 3.05) is 5.73 Å². The number of nitrogen functional groups attached to an aromatic ring is 1. The number of rotatable bonds is 1. The van der Waals surface area contributed by atoms with Crippen LogP contribution in [-0.2, 0) is 0 Å². The topological polar surface area (TPSA) is 64.9 Å². The highest BCUT2D eigenvalue weighted by Crippen LogP contribution is 2.16. The highest BCUT2D eigenvalue weighted by molar-refractivity contribution is 5.55. The van der Waals surface area contributed by atoms with Gasteiger partial charge in [0.15, 0.2) is 5.82 Å². The first kappa shape index (κ1) is 7.79. The highest BCUT2D eigenvalue weighted by Gasteiger charge is 2.03. The molecule has 0 fully saturated rings. The van der Waals surface area contributed by atoms with Gasteiger partial charge in [0.1, 0.15) is 12.1 Å². The molecule has 0 saturated heterocycles. The van der Waals surface area contributed by atoms with Crippen molar-refractivity contribution in [3.8, 4) is 11.4 Å². The van der Waals surface area contributed by atoms with Gasteiger partial charge in [-0.05, 0) is 13.0 Å². The molecule has 0 aliphatic heterocycles. The summed E-state index contributed by atoms with van der Waals surface area (Å²) in [6, 6.07) is 1.80. The van der Waals surface area contributed by atoms with Crippen molar-refractivity contribution in [1.29, 1.82) is 0 Å². The van der Waals surface area contributed by atoms with E-state index in [0.717, 1.165) is 11.1 Å². The molecule has 2 aromatic heterocycles. The van der Waals surface area contributed by atoms with E-state index in [4.69, 9.17) is 10.2 Å². The molecule has 0 aliphatic rings. The van der Waals surface area contributed by atoms with Crippen LogP contribution < -0.4 is 5.73 Å². The number of aromatic nitrogens is 2. The molecule has 0 aliphatic carbocycles. The van der Waals surface area contributed by atoms with Crippen molar-refractivity contribution in [1.82, 2.24) is 9.97 Å². The predicted molar refractivity (Wildman–Crippen MR) is 48.9 cm³/mol. The first-order valence-electron chi connectivity index (χ1n) is 3.89. The zero-order valence-electron chi connectivity index (χ0n) is 7.19. The van der Waals surface area contributed by atoms with Gasteiger partial charge in [-0.2, -0.15) is 0 Å². The summed E-state index contributed by atoms with van der Waals surface area (Å²) in [5.41, 5.74) is 7.37. The second-order valence-electron chi connectivity index (χ2n) is 2.77. The van der Waals surface area contributed by atoms with Crippen molar-refractivity contribution in [2.24, 2.45) is 0 Å². The monoisotopic (exact) mass is 175 g/mol. The number of hydrogen-bond acceptors (Lipinski definition) is 4. The summed E-state index contributed by atoms with van der Waals surface area (Å²) < 4.78 is 4.92. The van der Waals surface area contributed by atoms with E-state index < -0.39 is 0 Å².